The SMILES string of the molecule is CC(=O)c1ccc(NC(=O)[C@H](C)Nc2cc(C)ccc2C)cc1. The summed E-state index contributed by atoms with van der Waals surface area (Å²) in [6.45, 7) is 7.36. The molecule has 0 saturated carbocycles. The molecular formula is C19H22N2O2. The minimum atomic E-state index is -0.372. The van der Waals surface area contributed by atoms with Gasteiger partial charge >= 0.3 is 0 Å². The van der Waals surface area contributed by atoms with Crippen LogP contribution in [0.15, 0.2) is 42.5 Å². The zero-order valence-electron chi connectivity index (χ0n) is 13.9. The van der Waals surface area contributed by atoms with Gasteiger partial charge in [-0.15, -0.1) is 0 Å². The van der Waals surface area contributed by atoms with Crippen molar-refractivity contribution in [1.29, 1.82) is 0 Å². The first-order valence-electron chi connectivity index (χ1n) is 7.62. The molecule has 0 unspecified atom stereocenters. The van der Waals surface area contributed by atoms with Crippen molar-refractivity contribution < 1.29 is 9.59 Å². The van der Waals surface area contributed by atoms with Crippen LogP contribution in [-0.4, -0.2) is 17.7 Å². The van der Waals surface area contributed by atoms with E-state index in [-0.39, 0.29) is 17.7 Å². The van der Waals surface area contributed by atoms with E-state index in [0.29, 0.717) is 11.3 Å². The molecule has 0 spiro atoms. The predicted octanol–water partition coefficient (Wildman–Crippen LogP) is 3.95. The van der Waals surface area contributed by atoms with Gasteiger partial charge in [0.25, 0.3) is 0 Å². The summed E-state index contributed by atoms with van der Waals surface area (Å²) in [5.41, 5.74) is 4.50. The summed E-state index contributed by atoms with van der Waals surface area (Å²) < 4.78 is 0. The van der Waals surface area contributed by atoms with Gasteiger partial charge in [0.05, 0.1) is 0 Å². The molecule has 23 heavy (non-hydrogen) atoms. The number of hydrogen-bond acceptors (Lipinski definition) is 3. The molecule has 0 fully saturated rings. The molecular weight excluding hydrogens is 288 g/mol. The number of nitrogens with one attached hydrogen (secondary N) is 2. The van der Waals surface area contributed by atoms with Gasteiger partial charge in [-0.25, -0.2) is 0 Å². The second-order valence-electron chi connectivity index (χ2n) is 5.81. The van der Waals surface area contributed by atoms with E-state index >= 15 is 0 Å². The lowest BCUT2D eigenvalue weighted by Gasteiger charge is -2.17. The monoisotopic (exact) mass is 310 g/mol. The molecule has 4 heteroatoms. The number of ketones is 1. The van der Waals surface area contributed by atoms with Crippen molar-refractivity contribution in [2.24, 2.45) is 0 Å². The quantitative estimate of drug-likeness (QED) is 0.822. The Morgan fingerprint density at radius 2 is 1.65 bits per heavy atom. The van der Waals surface area contributed by atoms with Gasteiger partial charge in [0.2, 0.25) is 5.91 Å². The van der Waals surface area contributed by atoms with Crippen LogP contribution >= 0.6 is 0 Å². The van der Waals surface area contributed by atoms with Crippen LogP contribution in [0.25, 0.3) is 0 Å². The third-order valence-electron chi connectivity index (χ3n) is 3.72. The van der Waals surface area contributed by atoms with Crippen LogP contribution in [0.3, 0.4) is 0 Å². The van der Waals surface area contributed by atoms with Gasteiger partial charge in [-0.3, -0.25) is 9.59 Å². The Morgan fingerprint density at radius 1 is 1.00 bits per heavy atom. The van der Waals surface area contributed by atoms with Crippen molar-refractivity contribution in [3.8, 4) is 0 Å². The third kappa shape index (κ3) is 4.42. The fourth-order valence-corrected chi connectivity index (χ4v) is 2.23. The second-order valence-corrected chi connectivity index (χ2v) is 5.81. The molecule has 2 aromatic carbocycles. The zero-order valence-corrected chi connectivity index (χ0v) is 13.9. The fraction of sp³-hybridized carbons (Fsp3) is 0.263. The summed E-state index contributed by atoms with van der Waals surface area (Å²) in [5, 5.41) is 6.08. The Hall–Kier alpha value is -2.62. The first-order valence-corrected chi connectivity index (χ1v) is 7.62. The molecule has 120 valence electrons. The van der Waals surface area contributed by atoms with E-state index in [1.54, 1.807) is 24.3 Å². The largest absolute Gasteiger partial charge is 0.374 e. The van der Waals surface area contributed by atoms with Crippen LogP contribution in [-0.2, 0) is 4.79 Å². The number of benzene rings is 2. The number of hydrogen-bond donors (Lipinski definition) is 2. The molecule has 2 aromatic rings. The van der Waals surface area contributed by atoms with Crippen LogP contribution < -0.4 is 10.6 Å². The zero-order chi connectivity index (χ0) is 17.0. The maximum Gasteiger partial charge on any atom is 0.246 e. The summed E-state index contributed by atoms with van der Waals surface area (Å²) >= 11 is 0. The van der Waals surface area contributed by atoms with Crippen LogP contribution in [0, 0.1) is 13.8 Å². The Bertz CT molecular complexity index is 721. The third-order valence-corrected chi connectivity index (χ3v) is 3.72. The van der Waals surface area contributed by atoms with Gasteiger partial charge in [0.1, 0.15) is 6.04 Å². The van der Waals surface area contributed by atoms with Crippen molar-refractivity contribution >= 4 is 23.1 Å². The highest BCUT2D eigenvalue weighted by molar-refractivity contribution is 5.98. The van der Waals surface area contributed by atoms with E-state index in [1.807, 2.05) is 39.0 Å². The molecule has 4 nitrogen and oxygen atoms in total. The number of carbonyl (C=O) groups is 2. The number of Topliss-reactive ketones (excluding diaryl/α,β-unsaturated/α-hetero) is 1. The number of anilines is 2. The molecule has 0 heterocycles. The number of aryl methyl sites for hydroxylation is 2. The molecule has 0 bridgehead atoms. The summed E-state index contributed by atoms with van der Waals surface area (Å²) in [6.07, 6.45) is 0. The number of rotatable bonds is 5. The van der Waals surface area contributed by atoms with Crippen LogP contribution in [0.2, 0.25) is 0 Å². The topological polar surface area (TPSA) is 58.2 Å². The Labute approximate surface area is 136 Å². The van der Waals surface area contributed by atoms with Crippen molar-refractivity contribution in [3.05, 3.63) is 59.2 Å². The van der Waals surface area contributed by atoms with Crippen LogP contribution in [0.4, 0.5) is 11.4 Å². The maximum absolute atomic E-state index is 12.3. The highest BCUT2D eigenvalue weighted by atomic mass is 16.2. The lowest BCUT2D eigenvalue weighted by molar-refractivity contribution is -0.116. The Morgan fingerprint density at radius 3 is 2.26 bits per heavy atom. The van der Waals surface area contributed by atoms with E-state index in [9.17, 15) is 9.59 Å². The summed E-state index contributed by atoms with van der Waals surface area (Å²) in [7, 11) is 0. The maximum atomic E-state index is 12.3. The molecule has 0 aliphatic carbocycles. The summed E-state index contributed by atoms with van der Waals surface area (Å²) in [6, 6.07) is 12.6. The molecule has 0 aliphatic rings. The number of carbonyl (C=O) groups excluding carboxylic acids is 2. The van der Waals surface area contributed by atoms with E-state index < -0.39 is 0 Å². The smallest absolute Gasteiger partial charge is 0.246 e. The molecule has 2 N–H and O–H groups in total. The first kappa shape index (κ1) is 16.7. The molecule has 1 atom stereocenters. The highest BCUT2D eigenvalue weighted by Crippen LogP contribution is 2.18. The minimum absolute atomic E-state index is 0.00725. The van der Waals surface area contributed by atoms with Gasteiger partial charge in [0, 0.05) is 16.9 Å². The first-order chi connectivity index (χ1) is 10.9. The molecule has 0 aliphatic heterocycles. The average Bonchev–Trinajstić information content (AvgIpc) is 2.51. The molecule has 2 rings (SSSR count). The van der Waals surface area contributed by atoms with Crippen LogP contribution in [0.1, 0.15) is 35.3 Å². The summed E-state index contributed by atoms with van der Waals surface area (Å²) in [4.78, 5) is 23.5. The van der Waals surface area contributed by atoms with Gasteiger partial charge < -0.3 is 10.6 Å². The van der Waals surface area contributed by atoms with Gasteiger partial charge in [-0.1, -0.05) is 12.1 Å². The lowest BCUT2D eigenvalue weighted by Crippen LogP contribution is -2.32. The Balaban J connectivity index is 2.02. The van der Waals surface area contributed by atoms with Gasteiger partial charge in [0.15, 0.2) is 5.78 Å². The predicted molar refractivity (Wildman–Crippen MR) is 94.1 cm³/mol. The lowest BCUT2D eigenvalue weighted by atomic mass is 10.1. The van der Waals surface area contributed by atoms with Gasteiger partial charge in [-0.2, -0.15) is 0 Å². The molecule has 1 amide bonds. The normalized spacial score (nSPS) is 11.7. The standard InChI is InChI=1S/C19H22N2O2/c1-12-5-6-13(2)18(11-12)20-14(3)19(23)21-17-9-7-16(8-10-17)15(4)22/h5-11,14,20H,1-4H3,(H,21,23)/t14-/m0/s1. The molecule has 0 aromatic heterocycles. The van der Waals surface area contributed by atoms with E-state index in [1.165, 1.54) is 6.92 Å². The highest BCUT2D eigenvalue weighted by Gasteiger charge is 2.14. The van der Waals surface area contributed by atoms with Crippen molar-refractivity contribution in [1.82, 2.24) is 0 Å². The Kier molecular flexibility index (Phi) is 5.16. The molecule has 0 radical (unpaired) electrons. The average molecular weight is 310 g/mol. The van der Waals surface area contributed by atoms with E-state index in [0.717, 1.165) is 16.8 Å². The summed E-state index contributed by atoms with van der Waals surface area (Å²) in [5.74, 6) is -0.116. The molecule has 0 saturated heterocycles. The van der Waals surface area contributed by atoms with E-state index in [2.05, 4.69) is 10.6 Å². The van der Waals surface area contributed by atoms with Crippen molar-refractivity contribution in [3.63, 3.8) is 0 Å². The number of amides is 1. The van der Waals surface area contributed by atoms with Crippen molar-refractivity contribution in [2.45, 2.75) is 33.7 Å². The minimum Gasteiger partial charge on any atom is -0.374 e. The van der Waals surface area contributed by atoms with E-state index in [4.69, 9.17) is 0 Å². The fourth-order valence-electron chi connectivity index (χ4n) is 2.23. The van der Waals surface area contributed by atoms with Crippen molar-refractivity contribution in [2.75, 3.05) is 10.6 Å². The second kappa shape index (κ2) is 7.09. The van der Waals surface area contributed by atoms with Crippen LogP contribution in [0.5, 0.6) is 0 Å². The van der Waals surface area contributed by atoms with Gasteiger partial charge in [-0.05, 0) is 69.2 Å².